The van der Waals surface area contributed by atoms with Crippen LogP contribution in [0, 0.1) is 0 Å². The van der Waals surface area contributed by atoms with Crippen molar-refractivity contribution in [2.24, 2.45) is 0 Å². The third-order valence-electron chi connectivity index (χ3n) is 3.85. The summed E-state index contributed by atoms with van der Waals surface area (Å²) < 4.78 is 78.2. The Kier molecular flexibility index (Phi) is 4.66. The molecular weight excluding hydrogens is 390 g/mol. The molecule has 4 nitrogen and oxygen atoms in total. The van der Waals surface area contributed by atoms with Crippen LogP contribution in [0.15, 0.2) is 48.7 Å². The maximum Gasteiger partial charge on any atom is 0.417 e. The molecule has 1 aromatic carbocycles. The third kappa shape index (κ3) is 3.85. The Balaban J connectivity index is 2.19. The zero-order valence-corrected chi connectivity index (χ0v) is 13.7. The lowest BCUT2D eigenvalue weighted by atomic mass is 10.1. The van der Waals surface area contributed by atoms with Gasteiger partial charge in [0, 0.05) is 17.8 Å². The van der Waals surface area contributed by atoms with Crippen molar-refractivity contribution in [3.05, 3.63) is 65.6 Å². The van der Waals surface area contributed by atoms with Crippen LogP contribution in [0.3, 0.4) is 0 Å². The Morgan fingerprint density at radius 1 is 0.929 bits per heavy atom. The summed E-state index contributed by atoms with van der Waals surface area (Å²) in [5.74, 6) is -1.45. The molecule has 0 aliphatic carbocycles. The molecule has 2 aromatic heterocycles. The van der Waals surface area contributed by atoms with Gasteiger partial charge in [0.2, 0.25) is 0 Å². The summed E-state index contributed by atoms with van der Waals surface area (Å²) in [5, 5.41) is 8.75. The van der Waals surface area contributed by atoms with Crippen molar-refractivity contribution in [1.82, 2.24) is 9.38 Å². The molecule has 0 saturated heterocycles. The second-order valence-electron chi connectivity index (χ2n) is 5.74. The van der Waals surface area contributed by atoms with Gasteiger partial charge in [-0.05, 0) is 30.3 Å². The van der Waals surface area contributed by atoms with Gasteiger partial charge in [0.15, 0.2) is 0 Å². The summed E-state index contributed by atoms with van der Waals surface area (Å²) in [6.45, 7) is 0. The van der Waals surface area contributed by atoms with Gasteiger partial charge in [-0.15, -0.1) is 0 Å². The molecule has 3 rings (SSSR count). The van der Waals surface area contributed by atoms with E-state index in [0.29, 0.717) is 6.08 Å². The van der Waals surface area contributed by atoms with E-state index in [9.17, 15) is 31.1 Å². The number of benzene rings is 1. The molecule has 0 radical (unpaired) electrons. The number of hydrogen-bond donors (Lipinski definition) is 1. The molecule has 0 aliphatic heterocycles. The standard InChI is InChI=1S/C18H10F6N2O2/c19-17(20,21)11-3-1-10(2-4-11)16-13-6-5-12(18(22,23)24)9-26(13)14(25-16)7-8-15(27)28/h1-9H,(H,27,28)/b8-7+. The van der Waals surface area contributed by atoms with Gasteiger partial charge in [0.25, 0.3) is 0 Å². The maximum absolute atomic E-state index is 13.0. The number of hydrogen-bond acceptors (Lipinski definition) is 2. The number of carboxylic acids is 1. The molecule has 0 fully saturated rings. The van der Waals surface area contributed by atoms with E-state index in [0.717, 1.165) is 53.1 Å². The van der Waals surface area contributed by atoms with Crippen molar-refractivity contribution < 1.29 is 36.2 Å². The predicted molar refractivity (Wildman–Crippen MR) is 87.3 cm³/mol. The number of halogens is 6. The summed E-state index contributed by atoms with van der Waals surface area (Å²) in [6.07, 6.45) is -6.72. The Morgan fingerprint density at radius 2 is 1.50 bits per heavy atom. The number of rotatable bonds is 3. The Hall–Kier alpha value is -3.30. The molecule has 3 aromatic rings. The fourth-order valence-electron chi connectivity index (χ4n) is 2.57. The second kappa shape index (κ2) is 6.70. The number of nitrogens with zero attached hydrogens (tertiary/aromatic N) is 2. The average Bonchev–Trinajstić information content (AvgIpc) is 2.96. The van der Waals surface area contributed by atoms with Crippen molar-refractivity contribution in [2.45, 2.75) is 12.4 Å². The van der Waals surface area contributed by atoms with Gasteiger partial charge in [-0.25, -0.2) is 9.78 Å². The molecule has 0 amide bonds. The lowest BCUT2D eigenvalue weighted by molar-refractivity contribution is -0.138. The van der Waals surface area contributed by atoms with Gasteiger partial charge >= 0.3 is 18.3 Å². The Labute approximate surface area is 153 Å². The van der Waals surface area contributed by atoms with E-state index in [4.69, 9.17) is 5.11 Å². The van der Waals surface area contributed by atoms with E-state index in [1.54, 1.807) is 0 Å². The van der Waals surface area contributed by atoms with Crippen LogP contribution in [0.4, 0.5) is 26.3 Å². The molecule has 2 heterocycles. The zero-order valence-electron chi connectivity index (χ0n) is 13.7. The van der Waals surface area contributed by atoms with Gasteiger partial charge in [-0.1, -0.05) is 12.1 Å². The average molecular weight is 400 g/mol. The number of carboxylic acid groups (broad SMARTS) is 1. The highest BCUT2D eigenvalue weighted by atomic mass is 19.4. The molecule has 0 atom stereocenters. The van der Waals surface area contributed by atoms with Crippen LogP contribution in [0.1, 0.15) is 17.0 Å². The molecule has 146 valence electrons. The second-order valence-corrected chi connectivity index (χ2v) is 5.74. The van der Waals surface area contributed by atoms with Crippen LogP contribution >= 0.6 is 0 Å². The lowest BCUT2D eigenvalue weighted by Crippen LogP contribution is -2.06. The summed E-state index contributed by atoms with van der Waals surface area (Å²) in [6, 6.07) is 5.89. The summed E-state index contributed by atoms with van der Waals surface area (Å²) >= 11 is 0. The molecule has 0 spiro atoms. The van der Waals surface area contributed by atoms with Crippen molar-refractivity contribution in [1.29, 1.82) is 0 Å². The quantitative estimate of drug-likeness (QED) is 0.490. The smallest absolute Gasteiger partial charge is 0.417 e. The molecular formula is C18H10F6N2O2. The minimum Gasteiger partial charge on any atom is -0.478 e. The number of imidazole rings is 1. The zero-order chi connectivity index (χ0) is 20.7. The minimum absolute atomic E-state index is 0.113. The number of alkyl halides is 6. The molecule has 1 N–H and O–H groups in total. The van der Waals surface area contributed by atoms with Crippen molar-refractivity contribution in [3.63, 3.8) is 0 Å². The molecule has 0 saturated carbocycles. The minimum atomic E-state index is -4.64. The number of fused-ring (bicyclic) bond motifs is 1. The monoisotopic (exact) mass is 400 g/mol. The molecule has 0 aliphatic rings. The maximum atomic E-state index is 13.0. The van der Waals surface area contributed by atoms with E-state index in [2.05, 4.69) is 4.98 Å². The lowest BCUT2D eigenvalue weighted by Gasteiger charge is -2.08. The number of aliphatic carboxylic acids is 1. The SMILES string of the molecule is O=C(O)/C=C/c1nc(-c2ccc(C(F)(F)F)cc2)c2ccc(C(F)(F)F)cn12. The van der Waals surface area contributed by atoms with Gasteiger partial charge < -0.3 is 5.11 Å². The van der Waals surface area contributed by atoms with Crippen molar-refractivity contribution >= 4 is 17.6 Å². The van der Waals surface area contributed by atoms with Crippen LogP contribution in [0.2, 0.25) is 0 Å². The van der Waals surface area contributed by atoms with Crippen LogP contribution < -0.4 is 0 Å². The van der Waals surface area contributed by atoms with Crippen LogP contribution in [-0.2, 0) is 17.1 Å². The first-order valence-corrected chi connectivity index (χ1v) is 7.65. The summed E-state index contributed by atoms with van der Waals surface area (Å²) in [5.41, 5.74) is -1.34. The highest BCUT2D eigenvalue weighted by molar-refractivity contribution is 5.86. The van der Waals surface area contributed by atoms with Crippen molar-refractivity contribution in [3.8, 4) is 11.3 Å². The fourth-order valence-corrected chi connectivity index (χ4v) is 2.57. The normalized spacial score (nSPS) is 12.8. The first-order valence-electron chi connectivity index (χ1n) is 7.65. The molecule has 0 bridgehead atoms. The Morgan fingerprint density at radius 3 is 2.04 bits per heavy atom. The third-order valence-corrected chi connectivity index (χ3v) is 3.85. The Bertz CT molecular complexity index is 1060. The highest BCUT2D eigenvalue weighted by Gasteiger charge is 2.32. The summed E-state index contributed by atoms with van der Waals surface area (Å²) in [4.78, 5) is 14.8. The van der Waals surface area contributed by atoms with Crippen LogP contribution in [-0.4, -0.2) is 20.5 Å². The highest BCUT2D eigenvalue weighted by Crippen LogP contribution is 2.34. The summed E-state index contributed by atoms with van der Waals surface area (Å²) in [7, 11) is 0. The topological polar surface area (TPSA) is 54.6 Å². The van der Waals surface area contributed by atoms with E-state index in [-0.39, 0.29) is 22.6 Å². The van der Waals surface area contributed by atoms with Crippen LogP contribution in [0.25, 0.3) is 22.9 Å². The first-order chi connectivity index (χ1) is 13.0. The fraction of sp³-hybridized carbons (Fsp3) is 0.111. The number of carbonyl (C=O) groups is 1. The van der Waals surface area contributed by atoms with Gasteiger partial charge in [0.1, 0.15) is 5.82 Å². The first kappa shape index (κ1) is 19.5. The number of aromatic nitrogens is 2. The van der Waals surface area contributed by atoms with Crippen molar-refractivity contribution in [2.75, 3.05) is 0 Å². The van der Waals surface area contributed by atoms with Gasteiger partial charge in [-0.3, -0.25) is 4.40 Å². The largest absolute Gasteiger partial charge is 0.478 e. The van der Waals surface area contributed by atoms with Gasteiger partial charge in [0.05, 0.1) is 22.3 Å². The molecule has 28 heavy (non-hydrogen) atoms. The van der Waals surface area contributed by atoms with Gasteiger partial charge in [-0.2, -0.15) is 26.3 Å². The number of pyridine rings is 1. The van der Waals surface area contributed by atoms with E-state index < -0.39 is 29.4 Å². The van der Waals surface area contributed by atoms with Crippen LogP contribution in [0.5, 0.6) is 0 Å². The predicted octanol–water partition coefficient (Wildman–Crippen LogP) is 5.14. The van der Waals surface area contributed by atoms with E-state index in [1.807, 2.05) is 0 Å². The molecule has 0 unspecified atom stereocenters. The van der Waals surface area contributed by atoms with E-state index >= 15 is 0 Å². The van der Waals surface area contributed by atoms with E-state index in [1.165, 1.54) is 0 Å². The molecule has 10 heteroatoms.